The monoisotopic (exact) mass is 464 g/mol. The Bertz CT molecular complexity index is 552. The first-order valence-corrected chi connectivity index (χ1v) is 8.56. The molecule has 0 saturated heterocycles. The summed E-state index contributed by atoms with van der Waals surface area (Å²) in [6, 6.07) is 5.88. The number of halogens is 2. The Morgan fingerprint density at radius 1 is 1.32 bits per heavy atom. The molecule has 0 atom stereocenters. The molecular formula is C18H30FIN4O. The van der Waals surface area contributed by atoms with E-state index in [0.717, 1.165) is 43.8 Å². The largest absolute Gasteiger partial charge is 0.383 e. The highest BCUT2D eigenvalue weighted by atomic mass is 127. The molecule has 7 heteroatoms. The van der Waals surface area contributed by atoms with Crippen LogP contribution in [0.4, 0.5) is 4.39 Å². The lowest BCUT2D eigenvalue weighted by atomic mass is 10.1. The van der Waals surface area contributed by atoms with Gasteiger partial charge in [0.1, 0.15) is 5.82 Å². The first-order chi connectivity index (χ1) is 11.6. The van der Waals surface area contributed by atoms with E-state index >= 15 is 0 Å². The Morgan fingerprint density at radius 3 is 2.68 bits per heavy atom. The quantitative estimate of drug-likeness (QED) is 0.335. The van der Waals surface area contributed by atoms with Crippen molar-refractivity contribution >= 4 is 29.9 Å². The lowest BCUT2D eigenvalue weighted by Crippen LogP contribution is -2.42. The molecule has 1 aliphatic rings. The normalized spacial score (nSPS) is 14.4. The number of benzene rings is 1. The molecule has 1 fully saturated rings. The number of nitrogens with zero attached hydrogens (tertiary/aromatic N) is 2. The van der Waals surface area contributed by atoms with Gasteiger partial charge in [0.2, 0.25) is 0 Å². The Morgan fingerprint density at radius 2 is 2.08 bits per heavy atom. The lowest BCUT2D eigenvalue weighted by Gasteiger charge is -2.22. The third-order valence-electron chi connectivity index (χ3n) is 4.24. The van der Waals surface area contributed by atoms with Gasteiger partial charge >= 0.3 is 0 Å². The van der Waals surface area contributed by atoms with Crippen molar-refractivity contribution in [1.29, 1.82) is 0 Å². The van der Waals surface area contributed by atoms with Gasteiger partial charge in [-0.3, -0.25) is 9.89 Å². The van der Waals surface area contributed by atoms with Crippen LogP contribution in [0.5, 0.6) is 0 Å². The summed E-state index contributed by atoms with van der Waals surface area (Å²) in [7, 11) is 3.50. The maximum atomic E-state index is 13.3. The smallest absolute Gasteiger partial charge is 0.191 e. The maximum absolute atomic E-state index is 13.3. The Balaban J connectivity index is 0.00000312. The van der Waals surface area contributed by atoms with Crippen molar-refractivity contribution in [3.05, 3.63) is 35.1 Å². The van der Waals surface area contributed by atoms with E-state index in [4.69, 9.17) is 4.74 Å². The highest BCUT2D eigenvalue weighted by Gasteiger charge is 2.28. The summed E-state index contributed by atoms with van der Waals surface area (Å²) < 4.78 is 18.5. The van der Waals surface area contributed by atoms with Crippen molar-refractivity contribution < 1.29 is 9.13 Å². The minimum atomic E-state index is -0.169. The molecule has 1 aromatic carbocycles. The molecule has 0 spiro atoms. The van der Waals surface area contributed by atoms with Crippen LogP contribution >= 0.6 is 24.0 Å². The average Bonchev–Trinajstić information content (AvgIpc) is 3.41. The number of aliphatic imine (C=N–C) groups is 1. The van der Waals surface area contributed by atoms with Crippen molar-refractivity contribution in [2.24, 2.45) is 4.99 Å². The van der Waals surface area contributed by atoms with Crippen LogP contribution in [0, 0.1) is 12.7 Å². The van der Waals surface area contributed by atoms with E-state index in [0.29, 0.717) is 12.1 Å². The number of aryl methyl sites for hydroxylation is 1. The molecule has 0 unspecified atom stereocenters. The maximum Gasteiger partial charge on any atom is 0.191 e. The van der Waals surface area contributed by atoms with Gasteiger partial charge < -0.3 is 15.4 Å². The molecule has 1 saturated carbocycles. The van der Waals surface area contributed by atoms with Crippen LogP contribution < -0.4 is 10.6 Å². The van der Waals surface area contributed by atoms with Crippen LogP contribution in [-0.4, -0.2) is 57.3 Å². The van der Waals surface area contributed by atoms with Crippen molar-refractivity contribution in [1.82, 2.24) is 15.5 Å². The predicted molar refractivity (Wildman–Crippen MR) is 111 cm³/mol. The fourth-order valence-corrected chi connectivity index (χ4v) is 2.67. The molecule has 142 valence electrons. The summed E-state index contributed by atoms with van der Waals surface area (Å²) in [5, 5.41) is 6.60. The summed E-state index contributed by atoms with van der Waals surface area (Å²) in [5.41, 5.74) is 1.70. The standard InChI is InChI=1S/C18H29FN4O.HI/c1-14-12-15(4-7-17(14)19)13-22-18(20-2)21-8-9-23(10-11-24-3)16-5-6-16;/h4,7,12,16H,5-6,8-11,13H2,1-3H3,(H2,20,21,22);1H. The molecule has 2 rings (SSSR count). The highest BCUT2D eigenvalue weighted by Crippen LogP contribution is 2.25. The summed E-state index contributed by atoms with van der Waals surface area (Å²) >= 11 is 0. The number of nitrogens with one attached hydrogen (secondary N) is 2. The summed E-state index contributed by atoms with van der Waals surface area (Å²) in [4.78, 5) is 6.71. The minimum absolute atomic E-state index is 0. The molecule has 1 aromatic rings. The second kappa shape index (κ2) is 11.6. The van der Waals surface area contributed by atoms with Gasteiger partial charge in [-0.1, -0.05) is 12.1 Å². The summed E-state index contributed by atoms with van der Waals surface area (Å²) in [6.45, 7) is 5.96. The van der Waals surface area contributed by atoms with Gasteiger partial charge in [0.25, 0.3) is 0 Å². The summed E-state index contributed by atoms with van der Waals surface area (Å²) in [6.07, 6.45) is 2.58. The van der Waals surface area contributed by atoms with Crippen LogP contribution in [0.15, 0.2) is 23.2 Å². The van der Waals surface area contributed by atoms with E-state index in [-0.39, 0.29) is 29.8 Å². The number of ether oxygens (including phenoxy) is 1. The minimum Gasteiger partial charge on any atom is -0.383 e. The number of hydrogen-bond donors (Lipinski definition) is 2. The predicted octanol–water partition coefficient (Wildman–Crippen LogP) is 2.53. The van der Waals surface area contributed by atoms with E-state index in [2.05, 4.69) is 20.5 Å². The third-order valence-corrected chi connectivity index (χ3v) is 4.24. The zero-order valence-corrected chi connectivity index (χ0v) is 17.7. The Hall–Kier alpha value is -0.930. The van der Waals surface area contributed by atoms with E-state index in [1.807, 2.05) is 6.07 Å². The molecule has 0 aliphatic heterocycles. The van der Waals surface area contributed by atoms with E-state index in [1.165, 1.54) is 18.9 Å². The van der Waals surface area contributed by atoms with Gasteiger partial charge in [-0.15, -0.1) is 24.0 Å². The van der Waals surface area contributed by atoms with Crippen LogP contribution in [0.3, 0.4) is 0 Å². The molecule has 0 heterocycles. The number of hydrogen-bond acceptors (Lipinski definition) is 3. The van der Waals surface area contributed by atoms with E-state index in [1.54, 1.807) is 27.1 Å². The molecule has 0 bridgehead atoms. The molecular weight excluding hydrogens is 434 g/mol. The molecule has 0 aromatic heterocycles. The molecule has 2 N–H and O–H groups in total. The fourth-order valence-electron chi connectivity index (χ4n) is 2.67. The molecule has 0 radical (unpaired) electrons. The zero-order chi connectivity index (χ0) is 17.4. The topological polar surface area (TPSA) is 48.9 Å². The summed E-state index contributed by atoms with van der Waals surface area (Å²) in [5.74, 6) is 0.594. The molecule has 1 aliphatic carbocycles. The van der Waals surface area contributed by atoms with Gasteiger partial charge in [-0.05, 0) is 37.0 Å². The number of methoxy groups -OCH3 is 1. The Kier molecular flexibility index (Phi) is 10.3. The molecule has 0 amide bonds. The SMILES string of the molecule is CN=C(NCCN(CCOC)C1CC1)NCc1ccc(F)c(C)c1.I. The van der Waals surface area contributed by atoms with Crippen molar-refractivity contribution in [2.45, 2.75) is 32.4 Å². The Labute approximate surface area is 167 Å². The van der Waals surface area contributed by atoms with Gasteiger partial charge in [-0.25, -0.2) is 4.39 Å². The van der Waals surface area contributed by atoms with Crippen molar-refractivity contribution in [3.8, 4) is 0 Å². The second-order valence-corrected chi connectivity index (χ2v) is 6.20. The number of rotatable bonds is 9. The molecule has 25 heavy (non-hydrogen) atoms. The van der Waals surface area contributed by atoms with Crippen LogP contribution in [0.25, 0.3) is 0 Å². The van der Waals surface area contributed by atoms with E-state index in [9.17, 15) is 4.39 Å². The van der Waals surface area contributed by atoms with Gasteiger partial charge in [-0.2, -0.15) is 0 Å². The van der Waals surface area contributed by atoms with Gasteiger partial charge in [0.15, 0.2) is 5.96 Å². The number of guanidine groups is 1. The molecule has 5 nitrogen and oxygen atoms in total. The van der Waals surface area contributed by atoms with E-state index < -0.39 is 0 Å². The van der Waals surface area contributed by atoms with Crippen molar-refractivity contribution in [2.75, 3.05) is 40.4 Å². The first-order valence-electron chi connectivity index (χ1n) is 8.56. The third kappa shape index (κ3) is 7.87. The second-order valence-electron chi connectivity index (χ2n) is 6.20. The van der Waals surface area contributed by atoms with Gasteiger partial charge in [0.05, 0.1) is 6.61 Å². The van der Waals surface area contributed by atoms with Gasteiger partial charge in [0, 0.05) is 46.4 Å². The van der Waals surface area contributed by atoms with Crippen molar-refractivity contribution in [3.63, 3.8) is 0 Å². The fraction of sp³-hybridized carbons (Fsp3) is 0.611. The zero-order valence-electron chi connectivity index (χ0n) is 15.3. The van der Waals surface area contributed by atoms with Crippen LogP contribution in [0.2, 0.25) is 0 Å². The average molecular weight is 464 g/mol. The van der Waals surface area contributed by atoms with Crippen LogP contribution in [0.1, 0.15) is 24.0 Å². The highest BCUT2D eigenvalue weighted by molar-refractivity contribution is 14.0. The van der Waals surface area contributed by atoms with Crippen LogP contribution in [-0.2, 0) is 11.3 Å². The lowest BCUT2D eigenvalue weighted by molar-refractivity contribution is 0.144. The first kappa shape index (κ1) is 22.1.